The molecule has 1 amide bonds. The number of hydrogen-bond donors (Lipinski definition) is 1. The fourth-order valence-electron chi connectivity index (χ4n) is 4.07. The van der Waals surface area contributed by atoms with Gasteiger partial charge in [-0.25, -0.2) is 8.78 Å². The number of halogens is 2. The first-order valence-electron chi connectivity index (χ1n) is 10.5. The minimum absolute atomic E-state index is 0.102. The van der Waals surface area contributed by atoms with Gasteiger partial charge in [-0.1, -0.05) is 0 Å². The summed E-state index contributed by atoms with van der Waals surface area (Å²) in [6.07, 6.45) is 2.66. The van der Waals surface area contributed by atoms with Crippen LogP contribution in [0.3, 0.4) is 0 Å². The van der Waals surface area contributed by atoms with E-state index in [0.29, 0.717) is 43.9 Å². The van der Waals surface area contributed by atoms with Crippen molar-refractivity contribution in [2.24, 2.45) is 5.92 Å². The molecule has 4 rings (SSSR count). The number of fused-ring (bicyclic) bond motifs is 1. The summed E-state index contributed by atoms with van der Waals surface area (Å²) in [5, 5.41) is 13.1. The van der Waals surface area contributed by atoms with E-state index in [9.17, 15) is 18.8 Å². The number of benzene rings is 2. The predicted molar refractivity (Wildman–Crippen MR) is 118 cm³/mol. The smallest absolute Gasteiger partial charge is 0.227 e. The third kappa shape index (κ3) is 4.47. The van der Waals surface area contributed by atoms with Crippen LogP contribution in [0.4, 0.5) is 20.2 Å². The average molecular weight is 436 g/mol. The fraction of sp³-hybridized carbons (Fsp3) is 0.292. The Hall–Kier alpha value is -3.73. The second-order valence-corrected chi connectivity index (χ2v) is 7.65. The van der Waals surface area contributed by atoms with Crippen LogP contribution in [0, 0.1) is 28.9 Å². The van der Waals surface area contributed by atoms with E-state index >= 15 is 0 Å². The Balaban J connectivity index is 1.53. The van der Waals surface area contributed by atoms with E-state index < -0.39 is 11.6 Å². The van der Waals surface area contributed by atoms with Crippen LogP contribution in [0.5, 0.6) is 5.75 Å². The summed E-state index contributed by atoms with van der Waals surface area (Å²) >= 11 is 0. The second kappa shape index (κ2) is 9.18. The van der Waals surface area contributed by atoms with Gasteiger partial charge in [-0.2, -0.15) is 5.26 Å². The molecule has 0 aliphatic carbocycles. The quantitative estimate of drug-likeness (QED) is 0.631. The van der Waals surface area contributed by atoms with E-state index in [1.54, 1.807) is 6.20 Å². The number of ether oxygens (including phenoxy) is 1. The number of aromatic nitrogens is 1. The number of piperidine rings is 1. The van der Waals surface area contributed by atoms with Crippen molar-refractivity contribution in [2.45, 2.75) is 19.8 Å². The highest BCUT2D eigenvalue weighted by Crippen LogP contribution is 2.34. The maximum absolute atomic E-state index is 13.4. The Morgan fingerprint density at radius 3 is 2.59 bits per heavy atom. The average Bonchev–Trinajstić information content (AvgIpc) is 2.78. The van der Waals surface area contributed by atoms with Crippen molar-refractivity contribution in [1.82, 2.24) is 4.98 Å². The Labute approximate surface area is 184 Å². The summed E-state index contributed by atoms with van der Waals surface area (Å²) in [6.45, 7) is 3.55. The van der Waals surface area contributed by atoms with Crippen molar-refractivity contribution in [1.29, 1.82) is 5.26 Å². The van der Waals surface area contributed by atoms with E-state index in [-0.39, 0.29) is 17.5 Å². The van der Waals surface area contributed by atoms with Crippen molar-refractivity contribution in [3.63, 3.8) is 0 Å². The number of carbonyl (C=O) groups excluding carboxylic acids is 1. The van der Waals surface area contributed by atoms with Gasteiger partial charge in [-0.3, -0.25) is 9.78 Å². The van der Waals surface area contributed by atoms with Gasteiger partial charge in [0.15, 0.2) is 0 Å². The Bertz CT molecular complexity index is 1180. The number of anilines is 2. The second-order valence-electron chi connectivity index (χ2n) is 7.65. The largest absolute Gasteiger partial charge is 0.494 e. The lowest BCUT2D eigenvalue weighted by atomic mass is 9.94. The highest BCUT2D eigenvalue weighted by Gasteiger charge is 2.27. The molecule has 164 valence electrons. The predicted octanol–water partition coefficient (Wildman–Crippen LogP) is 4.64. The molecule has 1 aromatic heterocycles. The summed E-state index contributed by atoms with van der Waals surface area (Å²) in [7, 11) is 0. The topological polar surface area (TPSA) is 78.2 Å². The normalized spacial score (nSPS) is 14.2. The summed E-state index contributed by atoms with van der Waals surface area (Å²) in [6, 6.07) is 10.8. The number of rotatable bonds is 5. The molecule has 32 heavy (non-hydrogen) atoms. The highest BCUT2D eigenvalue weighted by atomic mass is 19.1. The number of nitriles is 1. The van der Waals surface area contributed by atoms with Crippen LogP contribution < -0.4 is 15.0 Å². The van der Waals surface area contributed by atoms with Crippen molar-refractivity contribution in [3.05, 3.63) is 59.8 Å². The number of hydrogen-bond acceptors (Lipinski definition) is 5. The molecular weight excluding hydrogens is 414 g/mol. The van der Waals surface area contributed by atoms with Crippen LogP contribution in [0.15, 0.2) is 42.6 Å². The van der Waals surface area contributed by atoms with Gasteiger partial charge in [0.25, 0.3) is 0 Å². The van der Waals surface area contributed by atoms with Crippen LogP contribution in [0.1, 0.15) is 25.3 Å². The molecule has 6 nitrogen and oxygen atoms in total. The Morgan fingerprint density at radius 2 is 1.94 bits per heavy atom. The van der Waals surface area contributed by atoms with E-state index in [4.69, 9.17) is 4.74 Å². The summed E-state index contributed by atoms with van der Waals surface area (Å²) < 4.78 is 32.4. The number of nitrogens with one attached hydrogen (secondary N) is 1. The van der Waals surface area contributed by atoms with Crippen molar-refractivity contribution in [3.8, 4) is 11.8 Å². The van der Waals surface area contributed by atoms with Crippen LogP contribution in [0.25, 0.3) is 10.9 Å². The summed E-state index contributed by atoms with van der Waals surface area (Å²) in [4.78, 5) is 19.1. The molecular formula is C24H22F2N4O2. The lowest BCUT2D eigenvalue weighted by Crippen LogP contribution is -2.38. The molecule has 1 aliphatic heterocycles. The van der Waals surface area contributed by atoms with Crippen LogP contribution >= 0.6 is 0 Å². The number of nitrogens with zero attached hydrogens (tertiary/aromatic N) is 3. The fourth-order valence-corrected chi connectivity index (χ4v) is 4.07. The standard InChI is InChI=1S/C24H22F2N4O2/c1-2-32-20-3-4-22-21(12-20)23(16(13-27)14-28-22)30-7-5-15(6-8-30)24(31)29-19-10-17(25)9-18(26)11-19/h3-4,9-12,14-15H,2,5-8H2,1H3,(H,29,31). The van der Waals surface area contributed by atoms with Crippen molar-refractivity contribution in [2.75, 3.05) is 29.9 Å². The van der Waals surface area contributed by atoms with E-state index in [1.807, 2.05) is 25.1 Å². The third-order valence-corrected chi connectivity index (χ3v) is 5.55. The molecule has 0 radical (unpaired) electrons. The van der Waals surface area contributed by atoms with Crippen LogP contribution in [-0.2, 0) is 4.79 Å². The monoisotopic (exact) mass is 436 g/mol. The van der Waals surface area contributed by atoms with Gasteiger partial charge in [0, 0.05) is 42.3 Å². The molecule has 1 N–H and O–H groups in total. The van der Waals surface area contributed by atoms with E-state index in [2.05, 4.69) is 21.3 Å². The van der Waals surface area contributed by atoms with Gasteiger partial charge in [0.05, 0.1) is 23.4 Å². The van der Waals surface area contributed by atoms with E-state index in [1.165, 1.54) is 0 Å². The first-order valence-corrected chi connectivity index (χ1v) is 10.5. The van der Waals surface area contributed by atoms with Crippen LogP contribution in [-0.4, -0.2) is 30.6 Å². The van der Waals surface area contributed by atoms with Crippen LogP contribution in [0.2, 0.25) is 0 Å². The molecule has 8 heteroatoms. The van der Waals surface area contributed by atoms with Gasteiger partial charge < -0.3 is 15.0 Å². The maximum Gasteiger partial charge on any atom is 0.227 e. The molecule has 0 unspecified atom stereocenters. The lowest BCUT2D eigenvalue weighted by Gasteiger charge is -2.34. The molecule has 1 saturated heterocycles. The Kier molecular flexibility index (Phi) is 6.17. The first kappa shape index (κ1) is 21.5. The van der Waals surface area contributed by atoms with Gasteiger partial charge in [0.1, 0.15) is 23.5 Å². The van der Waals surface area contributed by atoms with E-state index in [0.717, 1.165) is 34.8 Å². The minimum Gasteiger partial charge on any atom is -0.494 e. The third-order valence-electron chi connectivity index (χ3n) is 5.55. The highest BCUT2D eigenvalue weighted by molar-refractivity contribution is 5.96. The zero-order valence-electron chi connectivity index (χ0n) is 17.6. The van der Waals surface area contributed by atoms with Crippen molar-refractivity contribution < 1.29 is 18.3 Å². The minimum atomic E-state index is -0.741. The molecule has 0 bridgehead atoms. The van der Waals surface area contributed by atoms with Crippen molar-refractivity contribution >= 4 is 28.2 Å². The summed E-state index contributed by atoms with van der Waals surface area (Å²) in [5.74, 6) is -1.34. The zero-order valence-corrected chi connectivity index (χ0v) is 17.6. The SMILES string of the molecule is CCOc1ccc2ncc(C#N)c(N3CCC(C(=O)Nc4cc(F)cc(F)c4)CC3)c2c1. The van der Waals surface area contributed by atoms with Gasteiger partial charge in [-0.05, 0) is 50.1 Å². The molecule has 1 fully saturated rings. The van der Waals surface area contributed by atoms with Gasteiger partial charge in [0.2, 0.25) is 5.91 Å². The Morgan fingerprint density at radius 1 is 1.22 bits per heavy atom. The summed E-state index contributed by atoms with van der Waals surface area (Å²) in [5.41, 5.74) is 2.11. The molecule has 2 heterocycles. The molecule has 3 aromatic rings. The molecule has 0 saturated carbocycles. The zero-order chi connectivity index (χ0) is 22.7. The number of carbonyl (C=O) groups is 1. The lowest BCUT2D eigenvalue weighted by molar-refractivity contribution is -0.120. The van der Waals surface area contributed by atoms with Gasteiger partial charge in [-0.15, -0.1) is 0 Å². The molecule has 2 aromatic carbocycles. The molecule has 1 aliphatic rings. The van der Waals surface area contributed by atoms with Gasteiger partial charge >= 0.3 is 0 Å². The first-order chi connectivity index (χ1) is 15.5. The number of pyridine rings is 1. The number of amides is 1. The molecule has 0 atom stereocenters. The molecule has 0 spiro atoms. The maximum atomic E-state index is 13.4.